The number of rotatable bonds is 4. The van der Waals surface area contributed by atoms with Crippen LogP contribution in [0.1, 0.15) is 27.9 Å². The van der Waals surface area contributed by atoms with Crippen LogP contribution in [0, 0.1) is 11.8 Å². The molecule has 7 heteroatoms. The fourth-order valence-electron chi connectivity index (χ4n) is 1.42. The monoisotopic (exact) mass is 305 g/mol. The molecule has 0 unspecified atom stereocenters. The van der Waals surface area contributed by atoms with Gasteiger partial charge in [0.25, 0.3) is 5.91 Å². The third-order valence-electron chi connectivity index (χ3n) is 2.30. The van der Waals surface area contributed by atoms with E-state index in [1.807, 2.05) is 0 Å². The van der Waals surface area contributed by atoms with Crippen molar-refractivity contribution in [2.24, 2.45) is 0 Å². The zero-order valence-electron chi connectivity index (χ0n) is 10.8. The first kappa shape index (κ1) is 16.5. The summed E-state index contributed by atoms with van der Waals surface area (Å²) >= 11 is 1.05. The summed E-state index contributed by atoms with van der Waals surface area (Å²) in [5.74, 6) is 4.78. The SMILES string of the molecule is CCN(CC(F)(F)F)C(=O)c1ccc(C#CCCO)s1. The smallest absolute Gasteiger partial charge is 0.395 e. The van der Waals surface area contributed by atoms with E-state index < -0.39 is 18.6 Å². The molecule has 0 fully saturated rings. The second-order valence-corrected chi connectivity index (χ2v) is 4.96. The quantitative estimate of drug-likeness (QED) is 0.868. The molecular weight excluding hydrogens is 291 g/mol. The van der Waals surface area contributed by atoms with E-state index in [0.717, 1.165) is 16.2 Å². The van der Waals surface area contributed by atoms with Crippen LogP contribution in [0.5, 0.6) is 0 Å². The summed E-state index contributed by atoms with van der Waals surface area (Å²) in [5, 5.41) is 8.58. The van der Waals surface area contributed by atoms with Gasteiger partial charge in [0.2, 0.25) is 0 Å². The molecule has 1 heterocycles. The number of thiophene rings is 1. The van der Waals surface area contributed by atoms with Crippen molar-refractivity contribution in [3.05, 3.63) is 21.9 Å². The van der Waals surface area contributed by atoms with E-state index in [9.17, 15) is 18.0 Å². The standard InChI is InChI=1S/C13H14F3NO2S/c1-2-17(9-13(14,15)16)12(19)11-7-6-10(20-11)5-3-4-8-18/h6-7,18H,2,4,8-9H2,1H3. The first-order valence-electron chi connectivity index (χ1n) is 5.93. The molecule has 1 N–H and O–H groups in total. The number of hydrogen-bond acceptors (Lipinski definition) is 3. The highest BCUT2D eigenvalue weighted by molar-refractivity contribution is 7.14. The van der Waals surface area contributed by atoms with E-state index >= 15 is 0 Å². The molecule has 0 radical (unpaired) electrons. The lowest BCUT2D eigenvalue weighted by Gasteiger charge is -2.21. The van der Waals surface area contributed by atoms with Gasteiger partial charge in [0.15, 0.2) is 0 Å². The number of hydrogen-bond donors (Lipinski definition) is 1. The number of carbonyl (C=O) groups excluding carboxylic acids is 1. The topological polar surface area (TPSA) is 40.5 Å². The minimum absolute atomic E-state index is 0.0121. The number of halogens is 3. The number of carbonyl (C=O) groups is 1. The molecule has 0 atom stereocenters. The minimum atomic E-state index is -4.41. The molecule has 0 saturated heterocycles. The Balaban J connectivity index is 2.79. The zero-order valence-corrected chi connectivity index (χ0v) is 11.6. The molecule has 0 saturated carbocycles. The Labute approximate surface area is 119 Å². The average Bonchev–Trinajstić information content (AvgIpc) is 2.83. The van der Waals surface area contributed by atoms with Gasteiger partial charge in [-0.3, -0.25) is 4.79 Å². The maximum atomic E-state index is 12.3. The van der Waals surface area contributed by atoms with Crippen molar-refractivity contribution in [3.63, 3.8) is 0 Å². The highest BCUT2D eigenvalue weighted by Gasteiger charge is 2.32. The van der Waals surface area contributed by atoms with Gasteiger partial charge in [-0.2, -0.15) is 13.2 Å². The maximum absolute atomic E-state index is 12.3. The van der Waals surface area contributed by atoms with Crippen molar-refractivity contribution < 1.29 is 23.1 Å². The summed E-state index contributed by atoms with van der Waals surface area (Å²) in [4.78, 5) is 13.5. The summed E-state index contributed by atoms with van der Waals surface area (Å²) in [5.41, 5.74) is 0. The van der Waals surface area contributed by atoms with Gasteiger partial charge >= 0.3 is 6.18 Å². The van der Waals surface area contributed by atoms with Gasteiger partial charge in [-0.05, 0) is 19.1 Å². The molecule has 1 amide bonds. The molecule has 0 aliphatic rings. The van der Waals surface area contributed by atoms with Gasteiger partial charge < -0.3 is 10.0 Å². The van der Waals surface area contributed by atoms with E-state index in [1.165, 1.54) is 13.0 Å². The average molecular weight is 305 g/mol. The molecule has 0 aromatic carbocycles. The van der Waals surface area contributed by atoms with E-state index in [0.29, 0.717) is 11.3 Å². The second-order valence-electron chi connectivity index (χ2n) is 3.87. The van der Waals surface area contributed by atoms with Crippen LogP contribution in [0.15, 0.2) is 12.1 Å². The Morgan fingerprint density at radius 2 is 2.15 bits per heavy atom. The van der Waals surface area contributed by atoms with Crippen molar-refractivity contribution in [1.29, 1.82) is 0 Å². The highest BCUT2D eigenvalue weighted by atomic mass is 32.1. The molecule has 1 aromatic heterocycles. The molecular formula is C13H14F3NO2S. The highest BCUT2D eigenvalue weighted by Crippen LogP contribution is 2.21. The Kier molecular flexibility index (Phi) is 6.05. The summed E-state index contributed by atoms with van der Waals surface area (Å²) < 4.78 is 37.0. The summed E-state index contributed by atoms with van der Waals surface area (Å²) in [6, 6.07) is 3.05. The molecule has 0 bridgehead atoms. The molecule has 0 aliphatic carbocycles. The van der Waals surface area contributed by atoms with Gasteiger partial charge in [0.05, 0.1) is 16.4 Å². The lowest BCUT2D eigenvalue weighted by atomic mass is 10.3. The van der Waals surface area contributed by atoms with Gasteiger partial charge in [-0.1, -0.05) is 11.8 Å². The zero-order chi connectivity index (χ0) is 15.2. The van der Waals surface area contributed by atoms with Gasteiger partial charge in [0, 0.05) is 13.0 Å². The molecule has 3 nitrogen and oxygen atoms in total. The Hall–Kier alpha value is -1.52. The molecule has 20 heavy (non-hydrogen) atoms. The van der Waals surface area contributed by atoms with E-state index in [-0.39, 0.29) is 18.0 Å². The van der Waals surface area contributed by atoms with Gasteiger partial charge in [-0.15, -0.1) is 11.3 Å². The Morgan fingerprint density at radius 3 is 2.70 bits per heavy atom. The van der Waals surface area contributed by atoms with Crippen LogP contribution in [-0.4, -0.2) is 41.8 Å². The Morgan fingerprint density at radius 1 is 1.45 bits per heavy atom. The predicted molar refractivity (Wildman–Crippen MR) is 70.5 cm³/mol. The Bertz CT molecular complexity index is 514. The first-order chi connectivity index (χ1) is 9.37. The number of nitrogens with zero attached hydrogens (tertiary/aromatic N) is 1. The van der Waals surface area contributed by atoms with Crippen LogP contribution in [0.3, 0.4) is 0 Å². The van der Waals surface area contributed by atoms with Gasteiger partial charge in [0.1, 0.15) is 6.54 Å². The fourth-order valence-corrected chi connectivity index (χ4v) is 2.27. The van der Waals surface area contributed by atoms with Crippen molar-refractivity contribution in [3.8, 4) is 11.8 Å². The largest absolute Gasteiger partial charge is 0.406 e. The fraction of sp³-hybridized carbons (Fsp3) is 0.462. The number of alkyl halides is 3. The first-order valence-corrected chi connectivity index (χ1v) is 6.74. The summed E-state index contributed by atoms with van der Waals surface area (Å²) in [7, 11) is 0. The minimum Gasteiger partial charge on any atom is -0.395 e. The molecule has 1 rings (SSSR count). The predicted octanol–water partition coefficient (Wildman–Crippen LogP) is 2.51. The van der Waals surface area contributed by atoms with Crippen LogP contribution in [0.25, 0.3) is 0 Å². The van der Waals surface area contributed by atoms with Crippen LogP contribution in [0.2, 0.25) is 0 Å². The van der Waals surface area contributed by atoms with Crippen LogP contribution in [0.4, 0.5) is 13.2 Å². The lowest BCUT2D eigenvalue weighted by Crippen LogP contribution is -2.38. The third kappa shape index (κ3) is 5.23. The third-order valence-corrected chi connectivity index (χ3v) is 3.29. The van der Waals surface area contributed by atoms with Crippen molar-refractivity contribution >= 4 is 17.2 Å². The van der Waals surface area contributed by atoms with E-state index in [1.54, 1.807) is 6.07 Å². The van der Waals surface area contributed by atoms with E-state index in [2.05, 4.69) is 11.8 Å². The number of aliphatic hydroxyl groups excluding tert-OH is 1. The normalized spacial score (nSPS) is 10.8. The van der Waals surface area contributed by atoms with E-state index in [4.69, 9.17) is 5.11 Å². The molecule has 0 aliphatic heterocycles. The van der Waals surface area contributed by atoms with Crippen LogP contribution < -0.4 is 0 Å². The van der Waals surface area contributed by atoms with Crippen molar-refractivity contribution in [1.82, 2.24) is 4.90 Å². The van der Waals surface area contributed by atoms with Crippen molar-refractivity contribution in [2.75, 3.05) is 19.7 Å². The van der Waals surface area contributed by atoms with Crippen LogP contribution >= 0.6 is 11.3 Å². The lowest BCUT2D eigenvalue weighted by molar-refractivity contribution is -0.140. The van der Waals surface area contributed by atoms with Crippen molar-refractivity contribution in [2.45, 2.75) is 19.5 Å². The summed E-state index contributed by atoms with van der Waals surface area (Å²) in [6.45, 7) is 0.173. The molecule has 110 valence electrons. The summed E-state index contributed by atoms with van der Waals surface area (Å²) in [6.07, 6.45) is -4.09. The maximum Gasteiger partial charge on any atom is 0.406 e. The molecule has 1 aromatic rings. The second kappa shape index (κ2) is 7.31. The van der Waals surface area contributed by atoms with Gasteiger partial charge in [-0.25, -0.2) is 0 Å². The number of amides is 1. The number of aliphatic hydroxyl groups is 1. The van der Waals surface area contributed by atoms with Crippen LogP contribution in [-0.2, 0) is 0 Å². The molecule has 0 spiro atoms.